The maximum absolute atomic E-state index is 13.5. The summed E-state index contributed by atoms with van der Waals surface area (Å²) in [6.07, 6.45) is -3.04. The lowest BCUT2D eigenvalue weighted by atomic mass is 9.71. The molecule has 0 N–H and O–H groups in total. The molecule has 1 unspecified atom stereocenters. The number of piperidine rings is 1. The quantitative estimate of drug-likeness (QED) is 0.663. The van der Waals surface area contributed by atoms with Gasteiger partial charge in [-0.1, -0.05) is 0 Å². The van der Waals surface area contributed by atoms with Crippen LogP contribution in [-0.4, -0.2) is 50.7 Å². The Morgan fingerprint density at radius 3 is 2.66 bits per heavy atom. The largest absolute Gasteiger partial charge is 0.417 e. The number of carbonyl (C=O) groups is 1. The summed E-state index contributed by atoms with van der Waals surface area (Å²) >= 11 is 1.49. The molecule has 1 spiro atoms. The summed E-state index contributed by atoms with van der Waals surface area (Å²) in [5.41, 5.74) is -0.245. The minimum Gasteiger partial charge on any atom is -0.384 e. The van der Waals surface area contributed by atoms with Crippen LogP contribution >= 0.6 is 11.3 Å². The van der Waals surface area contributed by atoms with Gasteiger partial charge in [0.2, 0.25) is 0 Å². The van der Waals surface area contributed by atoms with Gasteiger partial charge in [-0.2, -0.15) is 29.8 Å². The molecule has 0 bridgehead atoms. The highest BCUT2D eigenvalue weighted by molar-refractivity contribution is 7.08. The minimum atomic E-state index is -4.59. The Balaban J connectivity index is 1.54. The van der Waals surface area contributed by atoms with Crippen molar-refractivity contribution in [1.82, 2.24) is 4.90 Å². The van der Waals surface area contributed by atoms with Crippen LogP contribution in [0.2, 0.25) is 0 Å². The highest BCUT2D eigenvalue weighted by atomic mass is 32.1. The fourth-order valence-corrected chi connectivity index (χ4v) is 5.64. The zero-order valence-corrected chi connectivity index (χ0v) is 18.5. The first-order valence-electron chi connectivity index (χ1n) is 10.4. The molecule has 0 radical (unpaired) electrons. The number of hydrogen-bond acceptors (Lipinski definition) is 5. The van der Waals surface area contributed by atoms with Crippen molar-refractivity contribution in [2.45, 2.75) is 19.0 Å². The van der Waals surface area contributed by atoms with Crippen LogP contribution in [0.4, 0.5) is 18.9 Å². The predicted molar refractivity (Wildman–Crippen MR) is 116 cm³/mol. The number of anilines is 1. The maximum Gasteiger partial charge on any atom is 0.417 e. The molecule has 2 aliphatic heterocycles. The summed E-state index contributed by atoms with van der Waals surface area (Å²) in [7, 11) is 1.63. The van der Waals surface area contributed by atoms with E-state index >= 15 is 0 Å². The SMILES string of the molecule is COCC1CN(c2ccc(C#N)c(C(F)(F)F)c2)CC12CCN(C(=O)c1ccsc1)CC2. The van der Waals surface area contributed by atoms with Crippen LogP contribution in [-0.2, 0) is 10.9 Å². The van der Waals surface area contributed by atoms with Crippen molar-refractivity contribution in [3.63, 3.8) is 0 Å². The van der Waals surface area contributed by atoms with Crippen LogP contribution < -0.4 is 4.90 Å². The summed E-state index contributed by atoms with van der Waals surface area (Å²) in [4.78, 5) is 16.5. The van der Waals surface area contributed by atoms with Crippen molar-refractivity contribution in [3.8, 4) is 6.07 Å². The van der Waals surface area contributed by atoms with E-state index in [0.29, 0.717) is 44.0 Å². The number of nitriles is 1. The normalized spacial score (nSPS) is 20.5. The van der Waals surface area contributed by atoms with Gasteiger partial charge in [-0.05, 0) is 47.9 Å². The van der Waals surface area contributed by atoms with Crippen molar-refractivity contribution in [1.29, 1.82) is 5.26 Å². The lowest BCUT2D eigenvalue weighted by molar-refractivity contribution is -0.137. The van der Waals surface area contributed by atoms with E-state index in [0.717, 1.165) is 18.9 Å². The van der Waals surface area contributed by atoms with E-state index in [1.807, 2.05) is 26.6 Å². The van der Waals surface area contributed by atoms with Gasteiger partial charge < -0.3 is 14.5 Å². The van der Waals surface area contributed by atoms with Gasteiger partial charge in [-0.15, -0.1) is 0 Å². The number of ether oxygens (including phenoxy) is 1. The number of amides is 1. The van der Waals surface area contributed by atoms with E-state index in [9.17, 15) is 18.0 Å². The summed E-state index contributed by atoms with van der Waals surface area (Å²) in [5.74, 6) is 0.178. The van der Waals surface area contributed by atoms with E-state index in [1.165, 1.54) is 17.4 Å². The average molecular weight is 464 g/mol. The average Bonchev–Trinajstić information content (AvgIpc) is 3.42. The van der Waals surface area contributed by atoms with Crippen molar-refractivity contribution in [2.24, 2.45) is 11.3 Å². The van der Waals surface area contributed by atoms with Crippen molar-refractivity contribution in [3.05, 3.63) is 51.7 Å². The molecule has 4 rings (SSSR count). The molecule has 2 saturated heterocycles. The third-order valence-corrected chi connectivity index (χ3v) is 7.47. The van der Waals surface area contributed by atoms with Crippen LogP contribution in [0.5, 0.6) is 0 Å². The molecule has 1 atom stereocenters. The van der Waals surface area contributed by atoms with E-state index in [4.69, 9.17) is 10.00 Å². The first-order chi connectivity index (χ1) is 15.3. The first kappa shape index (κ1) is 22.6. The monoisotopic (exact) mass is 463 g/mol. The Bertz CT molecular complexity index is 1010. The predicted octanol–water partition coefficient (Wildman–Crippen LogP) is 4.64. The summed E-state index contributed by atoms with van der Waals surface area (Å²) in [6.45, 7) is 2.92. The fraction of sp³-hybridized carbons (Fsp3) is 0.478. The molecular formula is C23H24F3N3O2S. The second kappa shape index (κ2) is 8.75. The van der Waals surface area contributed by atoms with Crippen LogP contribution in [0.3, 0.4) is 0 Å². The molecule has 5 nitrogen and oxygen atoms in total. The topological polar surface area (TPSA) is 56.6 Å². The fourth-order valence-electron chi connectivity index (χ4n) is 5.01. The maximum atomic E-state index is 13.5. The van der Waals surface area contributed by atoms with Crippen LogP contribution in [0.25, 0.3) is 0 Å². The lowest BCUT2D eigenvalue weighted by Gasteiger charge is -2.42. The number of alkyl halides is 3. The van der Waals surface area contributed by atoms with Crippen molar-refractivity contribution >= 4 is 22.9 Å². The Hall–Kier alpha value is -2.57. The van der Waals surface area contributed by atoms with Crippen LogP contribution in [0, 0.1) is 22.7 Å². The van der Waals surface area contributed by atoms with Gasteiger partial charge in [0.25, 0.3) is 5.91 Å². The number of carbonyl (C=O) groups excluding carboxylic acids is 1. The molecule has 1 amide bonds. The smallest absolute Gasteiger partial charge is 0.384 e. The van der Waals surface area contributed by atoms with Gasteiger partial charge in [0.05, 0.1) is 29.4 Å². The molecule has 2 fully saturated rings. The molecule has 1 aromatic heterocycles. The minimum absolute atomic E-state index is 0.0288. The molecule has 2 aliphatic rings. The Morgan fingerprint density at radius 1 is 1.31 bits per heavy atom. The number of hydrogen-bond donors (Lipinski definition) is 0. The zero-order chi connectivity index (χ0) is 22.9. The van der Waals surface area contributed by atoms with Gasteiger partial charge in [-0.3, -0.25) is 4.79 Å². The molecule has 0 aliphatic carbocycles. The number of nitrogens with zero attached hydrogens (tertiary/aromatic N) is 3. The van der Waals surface area contributed by atoms with E-state index in [1.54, 1.807) is 19.2 Å². The van der Waals surface area contributed by atoms with Gasteiger partial charge >= 0.3 is 6.18 Å². The van der Waals surface area contributed by atoms with Gasteiger partial charge in [-0.25, -0.2) is 0 Å². The molecule has 3 heterocycles. The second-order valence-electron chi connectivity index (χ2n) is 8.54. The van der Waals surface area contributed by atoms with Crippen LogP contribution in [0.1, 0.15) is 34.3 Å². The number of halogens is 3. The van der Waals surface area contributed by atoms with E-state index < -0.39 is 11.7 Å². The molecule has 1 aromatic carbocycles. The molecule has 0 saturated carbocycles. The van der Waals surface area contributed by atoms with Crippen molar-refractivity contribution in [2.75, 3.05) is 44.8 Å². The third kappa shape index (κ3) is 4.21. The number of methoxy groups -OCH3 is 1. The molecule has 2 aromatic rings. The van der Waals surface area contributed by atoms with Gasteiger partial charge in [0, 0.05) is 50.3 Å². The number of benzene rings is 1. The second-order valence-corrected chi connectivity index (χ2v) is 9.32. The molecule has 9 heteroatoms. The number of likely N-dealkylation sites (tertiary alicyclic amines) is 1. The van der Waals surface area contributed by atoms with E-state index in [-0.39, 0.29) is 22.8 Å². The van der Waals surface area contributed by atoms with Gasteiger partial charge in [0.15, 0.2) is 0 Å². The first-order valence-corrected chi connectivity index (χ1v) is 11.4. The van der Waals surface area contributed by atoms with E-state index in [2.05, 4.69) is 0 Å². The van der Waals surface area contributed by atoms with Gasteiger partial charge in [0.1, 0.15) is 0 Å². The molecular weight excluding hydrogens is 439 g/mol. The summed E-state index contributed by atoms with van der Waals surface area (Å²) < 4.78 is 45.8. The zero-order valence-electron chi connectivity index (χ0n) is 17.7. The molecule has 32 heavy (non-hydrogen) atoms. The highest BCUT2D eigenvalue weighted by Crippen LogP contribution is 2.47. The lowest BCUT2D eigenvalue weighted by Crippen LogP contribution is -2.47. The Labute approximate surface area is 189 Å². The third-order valence-electron chi connectivity index (χ3n) is 6.79. The van der Waals surface area contributed by atoms with Crippen molar-refractivity contribution < 1.29 is 22.7 Å². The Morgan fingerprint density at radius 2 is 2.06 bits per heavy atom. The summed E-state index contributed by atoms with van der Waals surface area (Å²) in [5, 5.41) is 12.8. The number of thiophene rings is 1. The summed E-state index contributed by atoms with van der Waals surface area (Å²) in [6, 6.07) is 7.38. The highest BCUT2D eigenvalue weighted by Gasteiger charge is 2.49. The van der Waals surface area contributed by atoms with Crippen LogP contribution in [0.15, 0.2) is 35.0 Å². The standard InChI is InChI=1S/C23H24F3N3O2S/c1-31-13-18-12-29(19-3-2-16(11-27)20(10-19)23(24,25)26)15-22(18)5-7-28(8-6-22)21(30)17-4-9-32-14-17/h2-4,9-10,14,18H,5-8,12-13,15H2,1H3. The molecule has 170 valence electrons. The number of rotatable bonds is 4. The Kier molecular flexibility index (Phi) is 6.19.